The molecule has 0 aromatic heterocycles. The van der Waals surface area contributed by atoms with Crippen LogP contribution in [-0.2, 0) is 11.2 Å². The van der Waals surface area contributed by atoms with Crippen molar-refractivity contribution in [3.05, 3.63) is 48.0 Å². The summed E-state index contributed by atoms with van der Waals surface area (Å²) >= 11 is 0. The Balaban J connectivity index is 2.17. The van der Waals surface area contributed by atoms with Gasteiger partial charge in [0.05, 0.1) is 27.8 Å². The molecule has 5 nitrogen and oxygen atoms in total. The lowest BCUT2D eigenvalue weighted by Gasteiger charge is -2.14. The van der Waals surface area contributed by atoms with Gasteiger partial charge in [-0.15, -0.1) is 0 Å². The van der Waals surface area contributed by atoms with Crippen LogP contribution in [-0.4, -0.2) is 27.2 Å². The van der Waals surface area contributed by atoms with E-state index in [1.165, 1.54) is 21.3 Å². The van der Waals surface area contributed by atoms with Crippen LogP contribution in [0.4, 0.5) is 5.69 Å². The first-order chi connectivity index (χ1) is 10.7. The highest BCUT2D eigenvalue weighted by Gasteiger charge is 2.14. The summed E-state index contributed by atoms with van der Waals surface area (Å²) in [5.41, 5.74) is 1.54. The average molecular weight is 301 g/mol. The zero-order valence-electron chi connectivity index (χ0n) is 12.9. The topological polar surface area (TPSA) is 56.8 Å². The standard InChI is InChI=1S/C17H19NO4/c1-20-14-10-13(11-15(21-2)17(14)22-3)18-16(19)9-12-7-5-4-6-8-12/h4-8,10-11H,9H2,1-3H3,(H,18,19). The van der Waals surface area contributed by atoms with Gasteiger partial charge in [0.2, 0.25) is 11.7 Å². The Kier molecular flexibility index (Phi) is 5.25. The fourth-order valence-electron chi connectivity index (χ4n) is 2.14. The van der Waals surface area contributed by atoms with Gasteiger partial charge in [-0.3, -0.25) is 4.79 Å². The molecule has 2 aromatic carbocycles. The zero-order valence-corrected chi connectivity index (χ0v) is 12.9. The van der Waals surface area contributed by atoms with Crippen molar-refractivity contribution >= 4 is 11.6 Å². The number of ether oxygens (including phenoxy) is 3. The third kappa shape index (κ3) is 3.69. The molecular formula is C17H19NO4. The maximum Gasteiger partial charge on any atom is 0.228 e. The van der Waals surface area contributed by atoms with Crippen LogP contribution in [0.2, 0.25) is 0 Å². The molecule has 0 bridgehead atoms. The number of amides is 1. The molecule has 0 unspecified atom stereocenters. The maximum atomic E-state index is 12.1. The van der Waals surface area contributed by atoms with Gasteiger partial charge in [-0.1, -0.05) is 30.3 Å². The molecule has 116 valence electrons. The maximum absolute atomic E-state index is 12.1. The largest absolute Gasteiger partial charge is 0.493 e. The van der Waals surface area contributed by atoms with Gasteiger partial charge in [-0.25, -0.2) is 0 Å². The number of nitrogens with one attached hydrogen (secondary N) is 1. The van der Waals surface area contributed by atoms with Gasteiger partial charge < -0.3 is 19.5 Å². The van der Waals surface area contributed by atoms with E-state index in [0.29, 0.717) is 29.4 Å². The van der Waals surface area contributed by atoms with Crippen molar-refractivity contribution in [1.82, 2.24) is 0 Å². The second-order valence-electron chi connectivity index (χ2n) is 4.62. The molecule has 0 aliphatic heterocycles. The molecule has 0 radical (unpaired) electrons. The SMILES string of the molecule is COc1cc(NC(=O)Cc2ccccc2)cc(OC)c1OC. The Bertz CT molecular complexity index is 615. The third-order valence-corrected chi connectivity index (χ3v) is 3.16. The van der Waals surface area contributed by atoms with Crippen LogP contribution in [0.15, 0.2) is 42.5 Å². The highest BCUT2D eigenvalue weighted by molar-refractivity contribution is 5.93. The molecule has 1 amide bonds. The second-order valence-corrected chi connectivity index (χ2v) is 4.62. The van der Waals surface area contributed by atoms with Crippen LogP contribution in [0.5, 0.6) is 17.2 Å². The summed E-state index contributed by atoms with van der Waals surface area (Å²) < 4.78 is 15.8. The van der Waals surface area contributed by atoms with Crippen LogP contribution >= 0.6 is 0 Å². The van der Waals surface area contributed by atoms with Crippen molar-refractivity contribution in [2.45, 2.75) is 6.42 Å². The summed E-state index contributed by atoms with van der Waals surface area (Å²) in [5.74, 6) is 1.38. The Morgan fingerprint density at radius 3 is 2.05 bits per heavy atom. The van der Waals surface area contributed by atoms with Crippen LogP contribution in [0, 0.1) is 0 Å². The van der Waals surface area contributed by atoms with Crippen LogP contribution < -0.4 is 19.5 Å². The number of carbonyl (C=O) groups excluding carboxylic acids is 1. The molecular weight excluding hydrogens is 282 g/mol. The lowest BCUT2D eigenvalue weighted by molar-refractivity contribution is -0.115. The summed E-state index contributed by atoms with van der Waals surface area (Å²) in [5, 5.41) is 2.84. The summed E-state index contributed by atoms with van der Waals surface area (Å²) in [6.07, 6.45) is 0.303. The van der Waals surface area contributed by atoms with Crippen LogP contribution in [0.1, 0.15) is 5.56 Å². The molecule has 0 fully saturated rings. The first kappa shape index (κ1) is 15.7. The van der Waals surface area contributed by atoms with Crippen molar-refractivity contribution in [1.29, 1.82) is 0 Å². The van der Waals surface area contributed by atoms with Crippen molar-refractivity contribution in [2.24, 2.45) is 0 Å². The summed E-state index contributed by atoms with van der Waals surface area (Å²) in [6.45, 7) is 0. The van der Waals surface area contributed by atoms with Gasteiger partial charge in [-0.2, -0.15) is 0 Å². The average Bonchev–Trinajstić information content (AvgIpc) is 2.54. The monoisotopic (exact) mass is 301 g/mol. The number of rotatable bonds is 6. The van der Waals surface area contributed by atoms with Crippen molar-refractivity contribution in [3.63, 3.8) is 0 Å². The molecule has 0 spiro atoms. The molecule has 2 rings (SSSR count). The van der Waals surface area contributed by atoms with Gasteiger partial charge in [0.15, 0.2) is 11.5 Å². The van der Waals surface area contributed by atoms with E-state index >= 15 is 0 Å². The predicted molar refractivity (Wildman–Crippen MR) is 84.9 cm³/mol. The molecule has 0 heterocycles. The quantitative estimate of drug-likeness (QED) is 0.891. The molecule has 0 aliphatic rings. The molecule has 0 saturated heterocycles. The second kappa shape index (κ2) is 7.36. The van der Waals surface area contributed by atoms with E-state index in [-0.39, 0.29) is 5.91 Å². The molecule has 22 heavy (non-hydrogen) atoms. The van der Waals surface area contributed by atoms with Crippen LogP contribution in [0.3, 0.4) is 0 Å². The minimum atomic E-state index is -0.111. The first-order valence-corrected chi connectivity index (χ1v) is 6.81. The lowest BCUT2D eigenvalue weighted by Crippen LogP contribution is -2.14. The van der Waals surface area contributed by atoms with E-state index in [0.717, 1.165) is 5.56 Å². The van der Waals surface area contributed by atoms with Crippen LogP contribution in [0.25, 0.3) is 0 Å². The Morgan fingerprint density at radius 2 is 1.55 bits per heavy atom. The van der Waals surface area contributed by atoms with Gasteiger partial charge in [0.1, 0.15) is 0 Å². The van der Waals surface area contributed by atoms with Crippen molar-refractivity contribution < 1.29 is 19.0 Å². The molecule has 0 atom stereocenters. The highest BCUT2D eigenvalue weighted by atomic mass is 16.5. The molecule has 0 aliphatic carbocycles. The van der Waals surface area contributed by atoms with E-state index in [2.05, 4.69) is 5.32 Å². The molecule has 0 saturated carbocycles. The highest BCUT2D eigenvalue weighted by Crippen LogP contribution is 2.39. The number of hydrogen-bond acceptors (Lipinski definition) is 4. The van der Waals surface area contributed by atoms with Crippen molar-refractivity contribution in [3.8, 4) is 17.2 Å². The number of benzene rings is 2. The summed E-state index contributed by atoms with van der Waals surface area (Å²) in [7, 11) is 4.60. The van der Waals surface area contributed by atoms with Gasteiger partial charge in [-0.05, 0) is 5.56 Å². The Hall–Kier alpha value is -2.69. The fourth-order valence-corrected chi connectivity index (χ4v) is 2.14. The predicted octanol–water partition coefficient (Wildman–Crippen LogP) is 2.89. The molecule has 1 N–H and O–H groups in total. The van der Waals surface area contributed by atoms with E-state index < -0.39 is 0 Å². The zero-order chi connectivity index (χ0) is 15.9. The summed E-state index contributed by atoms with van der Waals surface area (Å²) in [6, 6.07) is 12.9. The fraction of sp³-hybridized carbons (Fsp3) is 0.235. The number of hydrogen-bond donors (Lipinski definition) is 1. The normalized spacial score (nSPS) is 9.95. The molecule has 2 aromatic rings. The first-order valence-electron chi connectivity index (χ1n) is 6.81. The van der Waals surface area contributed by atoms with E-state index in [4.69, 9.17) is 14.2 Å². The number of carbonyl (C=O) groups is 1. The number of methoxy groups -OCH3 is 3. The minimum absolute atomic E-state index is 0.111. The van der Waals surface area contributed by atoms with E-state index in [1.807, 2.05) is 30.3 Å². The Morgan fingerprint density at radius 1 is 0.955 bits per heavy atom. The van der Waals surface area contributed by atoms with Gasteiger partial charge in [0.25, 0.3) is 0 Å². The number of anilines is 1. The summed E-state index contributed by atoms with van der Waals surface area (Å²) in [4.78, 5) is 12.1. The smallest absolute Gasteiger partial charge is 0.228 e. The molecule has 5 heteroatoms. The van der Waals surface area contributed by atoms with Gasteiger partial charge in [0, 0.05) is 17.8 Å². The van der Waals surface area contributed by atoms with E-state index in [1.54, 1.807) is 12.1 Å². The Labute approximate surface area is 129 Å². The lowest BCUT2D eigenvalue weighted by atomic mass is 10.1. The van der Waals surface area contributed by atoms with Crippen molar-refractivity contribution in [2.75, 3.05) is 26.6 Å². The minimum Gasteiger partial charge on any atom is -0.493 e. The third-order valence-electron chi connectivity index (χ3n) is 3.16. The van der Waals surface area contributed by atoms with E-state index in [9.17, 15) is 4.79 Å². The van der Waals surface area contributed by atoms with Gasteiger partial charge >= 0.3 is 0 Å².